The first-order valence-corrected chi connectivity index (χ1v) is 7.21. The van der Waals surface area contributed by atoms with E-state index in [1.807, 2.05) is 25.7 Å². The number of carbonyl (C=O) groups excluding carboxylic acids is 1. The number of ether oxygens (including phenoxy) is 1. The predicted octanol–water partition coefficient (Wildman–Crippen LogP) is 1.29. The largest absolute Gasteiger partial charge is 0.444 e. The second kappa shape index (κ2) is 5.29. The minimum Gasteiger partial charge on any atom is -0.444 e. The maximum absolute atomic E-state index is 12.2. The highest BCUT2D eigenvalue weighted by Crippen LogP contribution is 2.25. The van der Waals surface area contributed by atoms with Gasteiger partial charge in [0.15, 0.2) is 0 Å². The fourth-order valence-corrected chi connectivity index (χ4v) is 3.05. The third-order valence-electron chi connectivity index (χ3n) is 3.79. The highest BCUT2D eigenvalue weighted by atomic mass is 16.6. The fraction of sp³-hybridized carbons (Fsp3) is 0.929. The van der Waals surface area contributed by atoms with Crippen LogP contribution in [0.5, 0.6) is 0 Å². The number of hydrogen-bond acceptors (Lipinski definition) is 4. The molecule has 1 spiro atoms. The lowest BCUT2D eigenvalue weighted by atomic mass is 9.87. The quantitative estimate of drug-likeness (QED) is 0.720. The Morgan fingerprint density at radius 3 is 2.63 bits per heavy atom. The molecule has 2 aliphatic rings. The molecule has 1 amide bonds. The summed E-state index contributed by atoms with van der Waals surface area (Å²) in [6.45, 7) is 10.4. The first-order chi connectivity index (χ1) is 8.80. The number of hydrogen-bond donors (Lipinski definition) is 1. The zero-order valence-corrected chi connectivity index (χ0v) is 12.7. The number of piperidine rings is 1. The summed E-state index contributed by atoms with van der Waals surface area (Å²) < 4.78 is 5.48. The summed E-state index contributed by atoms with van der Waals surface area (Å²) >= 11 is 0. The Kier molecular flexibility index (Phi) is 4.06. The number of carbonyl (C=O) groups is 1. The normalized spacial score (nSPS) is 29.6. The summed E-state index contributed by atoms with van der Waals surface area (Å²) in [5, 5.41) is 3.62. The van der Waals surface area contributed by atoms with Crippen LogP contribution in [0, 0.1) is 0 Å². The number of piperazine rings is 1. The fourth-order valence-electron chi connectivity index (χ4n) is 3.05. The zero-order valence-electron chi connectivity index (χ0n) is 12.7. The number of amides is 1. The van der Waals surface area contributed by atoms with Gasteiger partial charge in [0.05, 0.1) is 0 Å². The van der Waals surface area contributed by atoms with E-state index >= 15 is 0 Å². The summed E-state index contributed by atoms with van der Waals surface area (Å²) in [4.78, 5) is 16.4. The van der Waals surface area contributed by atoms with Gasteiger partial charge in [-0.3, -0.25) is 0 Å². The molecule has 2 aliphatic heterocycles. The first-order valence-electron chi connectivity index (χ1n) is 7.21. The number of nitrogens with one attached hydrogen (secondary N) is 1. The van der Waals surface area contributed by atoms with E-state index < -0.39 is 5.60 Å². The monoisotopic (exact) mass is 269 g/mol. The van der Waals surface area contributed by atoms with Gasteiger partial charge in [0.1, 0.15) is 5.60 Å². The van der Waals surface area contributed by atoms with E-state index in [4.69, 9.17) is 4.74 Å². The Balaban J connectivity index is 1.98. The Bertz CT molecular complexity index is 336. The van der Waals surface area contributed by atoms with Crippen molar-refractivity contribution in [1.29, 1.82) is 0 Å². The maximum atomic E-state index is 12.2. The molecule has 2 fully saturated rings. The van der Waals surface area contributed by atoms with Gasteiger partial charge in [-0.1, -0.05) is 0 Å². The number of likely N-dealkylation sites (N-methyl/N-ethyl adjacent to an activating group) is 1. The molecule has 0 aromatic carbocycles. The standard InChI is InChI=1S/C14H27N3O2/c1-13(2,3)19-12(18)17-8-5-6-14(11-17)10-16(4)9-7-15-14/h15H,5-11H2,1-4H3. The van der Waals surface area contributed by atoms with Crippen molar-refractivity contribution in [2.75, 3.05) is 39.8 Å². The van der Waals surface area contributed by atoms with E-state index in [1.165, 1.54) is 0 Å². The van der Waals surface area contributed by atoms with Gasteiger partial charge >= 0.3 is 6.09 Å². The van der Waals surface area contributed by atoms with Crippen LogP contribution in [0.3, 0.4) is 0 Å². The lowest BCUT2D eigenvalue weighted by Gasteiger charge is -2.48. The van der Waals surface area contributed by atoms with Crippen molar-refractivity contribution in [1.82, 2.24) is 15.1 Å². The van der Waals surface area contributed by atoms with E-state index in [1.54, 1.807) is 0 Å². The molecular formula is C14H27N3O2. The molecule has 5 heteroatoms. The van der Waals surface area contributed by atoms with Crippen LogP contribution in [0.1, 0.15) is 33.6 Å². The minimum atomic E-state index is -0.418. The van der Waals surface area contributed by atoms with Crippen LogP contribution in [-0.2, 0) is 4.74 Å². The van der Waals surface area contributed by atoms with Gasteiger partial charge in [0, 0.05) is 38.3 Å². The Morgan fingerprint density at radius 2 is 2.00 bits per heavy atom. The van der Waals surface area contributed by atoms with Crippen molar-refractivity contribution in [3.8, 4) is 0 Å². The Morgan fingerprint density at radius 1 is 1.26 bits per heavy atom. The molecule has 1 atom stereocenters. The van der Waals surface area contributed by atoms with Crippen LogP contribution in [0.25, 0.3) is 0 Å². The van der Waals surface area contributed by atoms with Crippen molar-refractivity contribution >= 4 is 6.09 Å². The average molecular weight is 269 g/mol. The number of likely N-dealkylation sites (tertiary alicyclic amines) is 1. The Hall–Kier alpha value is -0.810. The van der Waals surface area contributed by atoms with Crippen LogP contribution in [0.15, 0.2) is 0 Å². The van der Waals surface area contributed by atoms with Crippen LogP contribution >= 0.6 is 0 Å². The van der Waals surface area contributed by atoms with Gasteiger partial charge in [-0.15, -0.1) is 0 Å². The molecule has 1 N–H and O–H groups in total. The van der Waals surface area contributed by atoms with Crippen LogP contribution in [0.4, 0.5) is 4.79 Å². The third kappa shape index (κ3) is 3.83. The third-order valence-corrected chi connectivity index (χ3v) is 3.79. The van der Waals surface area contributed by atoms with E-state index in [0.29, 0.717) is 0 Å². The van der Waals surface area contributed by atoms with E-state index in [9.17, 15) is 4.79 Å². The van der Waals surface area contributed by atoms with E-state index in [2.05, 4.69) is 17.3 Å². The van der Waals surface area contributed by atoms with Crippen molar-refractivity contribution in [2.24, 2.45) is 0 Å². The van der Waals surface area contributed by atoms with Gasteiger partial charge in [0.25, 0.3) is 0 Å². The Labute approximate surface area is 116 Å². The molecule has 5 nitrogen and oxygen atoms in total. The molecule has 0 saturated carbocycles. The molecule has 2 heterocycles. The molecule has 2 rings (SSSR count). The lowest BCUT2D eigenvalue weighted by molar-refractivity contribution is 0.00335. The summed E-state index contributed by atoms with van der Waals surface area (Å²) in [5.41, 5.74) is -0.360. The maximum Gasteiger partial charge on any atom is 0.410 e. The lowest BCUT2D eigenvalue weighted by Crippen LogP contribution is -2.66. The van der Waals surface area contributed by atoms with Crippen LogP contribution in [-0.4, -0.2) is 66.8 Å². The average Bonchev–Trinajstić information content (AvgIpc) is 2.26. The molecule has 110 valence electrons. The van der Waals surface area contributed by atoms with Crippen molar-refractivity contribution in [3.05, 3.63) is 0 Å². The van der Waals surface area contributed by atoms with Gasteiger partial charge in [-0.2, -0.15) is 0 Å². The van der Waals surface area contributed by atoms with Crippen LogP contribution in [0.2, 0.25) is 0 Å². The molecular weight excluding hydrogens is 242 g/mol. The molecule has 0 bridgehead atoms. The molecule has 0 radical (unpaired) electrons. The zero-order chi connectivity index (χ0) is 14.1. The van der Waals surface area contributed by atoms with Crippen molar-refractivity contribution < 1.29 is 9.53 Å². The van der Waals surface area contributed by atoms with E-state index in [0.717, 1.165) is 45.6 Å². The smallest absolute Gasteiger partial charge is 0.410 e. The molecule has 19 heavy (non-hydrogen) atoms. The van der Waals surface area contributed by atoms with Gasteiger partial charge < -0.3 is 19.9 Å². The SMILES string of the molecule is CN1CCNC2(CCCN(C(=O)OC(C)(C)C)C2)C1. The van der Waals surface area contributed by atoms with Crippen LogP contribution < -0.4 is 5.32 Å². The molecule has 2 saturated heterocycles. The molecule has 0 aromatic heterocycles. The summed E-state index contributed by atoms with van der Waals surface area (Å²) in [7, 11) is 2.15. The molecule has 0 aromatic rings. The van der Waals surface area contributed by atoms with Crippen molar-refractivity contribution in [2.45, 2.75) is 44.8 Å². The second-order valence-corrected chi connectivity index (χ2v) is 6.95. The van der Waals surface area contributed by atoms with Gasteiger partial charge in [-0.05, 0) is 40.7 Å². The topological polar surface area (TPSA) is 44.8 Å². The van der Waals surface area contributed by atoms with E-state index in [-0.39, 0.29) is 11.6 Å². The summed E-state index contributed by atoms with van der Waals surface area (Å²) in [6.07, 6.45) is 2.00. The minimum absolute atomic E-state index is 0.0577. The summed E-state index contributed by atoms with van der Waals surface area (Å²) in [5.74, 6) is 0. The predicted molar refractivity (Wildman–Crippen MR) is 75.3 cm³/mol. The number of nitrogens with zero attached hydrogens (tertiary/aromatic N) is 2. The summed E-state index contributed by atoms with van der Waals surface area (Å²) in [6, 6.07) is 0. The second-order valence-electron chi connectivity index (χ2n) is 6.95. The van der Waals surface area contributed by atoms with Gasteiger partial charge in [-0.25, -0.2) is 4.79 Å². The highest BCUT2D eigenvalue weighted by molar-refractivity contribution is 5.68. The number of rotatable bonds is 0. The van der Waals surface area contributed by atoms with Crippen molar-refractivity contribution in [3.63, 3.8) is 0 Å². The molecule has 0 aliphatic carbocycles. The van der Waals surface area contributed by atoms with Gasteiger partial charge in [0.2, 0.25) is 0 Å². The molecule has 1 unspecified atom stereocenters. The highest BCUT2D eigenvalue weighted by Gasteiger charge is 2.40. The first kappa shape index (κ1) is 14.6.